The molecular formula is C19H23BrFNO3. The van der Waals surface area contributed by atoms with Crippen LogP contribution in [0.1, 0.15) is 24.0 Å². The van der Waals surface area contributed by atoms with E-state index in [1.165, 1.54) is 12.1 Å². The Hall–Kier alpha value is -1.63. The Bertz CT molecular complexity index is 664. The summed E-state index contributed by atoms with van der Waals surface area (Å²) in [5.41, 5.74) is 1.95. The predicted molar refractivity (Wildman–Crippen MR) is 99.5 cm³/mol. The molecule has 0 radical (unpaired) electrons. The first-order chi connectivity index (χ1) is 12.1. The van der Waals surface area contributed by atoms with Gasteiger partial charge in [0.15, 0.2) is 11.5 Å². The summed E-state index contributed by atoms with van der Waals surface area (Å²) in [6, 6.07) is 10.0. The van der Waals surface area contributed by atoms with Gasteiger partial charge >= 0.3 is 0 Å². The Labute approximate surface area is 156 Å². The highest BCUT2D eigenvalue weighted by Crippen LogP contribution is 2.34. The zero-order valence-corrected chi connectivity index (χ0v) is 15.8. The zero-order chi connectivity index (χ0) is 18.1. The summed E-state index contributed by atoms with van der Waals surface area (Å²) in [6.45, 7) is 2.10. The Balaban J connectivity index is 1.98. The first kappa shape index (κ1) is 19.7. The molecule has 0 spiro atoms. The minimum Gasteiger partial charge on any atom is -0.493 e. The van der Waals surface area contributed by atoms with Gasteiger partial charge in [0.25, 0.3) is 0 Å². The molecule has 2 rings (SSSR count). The van der Waals surface area contributed by atoms with Crippen LogP contribution in [-0.2, 0) is 13.2 Å². The molecule has 2 aromatic carbocycles. The van der Waals surface area contributed by atoms with Crippen LogP contribution in [0.15, 0.2) is 40.9 Å². The molecular weight excluding hydrogens is 389 g/mol. The summed E-state index contributed by atoms with van der Waals surface area (Å²) in [5, 5.41) is 12.1. The molecule has 6 heteroatoms. The molecule has 0 fully saturated rings. The molecule has 0 saturated heterocycles. The van der Waals surface area contributed by atoms with E-state index in [-0.39, 0.29) is 12.4 Å². The number of nitrogens with one attached hydrogen (secondary N) is 1. The molecule has 2 N–H and O–H groups in total. The van der Waals surface area contributed by atoms with E-state index in [2.05, 4.69) is 21.2 Å². The monoisotopic (exact) mass is 411 g/mol. The van der Waals surface area contributed by atoms with Crippen LogP contribution in [0, 0.1) is 5.82 Å². The molecule has 25 heavy (non-hydrogen) atoms. The van der Waals surface area contributed by atoms with Crippen LogP contribution < -0.4 is 14.8 Å². The zero-order valence-electron chi connectivity index (χ0n) is 14.2. The Morgan fingerprint density at radius 3 is 2.56 bits per heavy atom. The summed E-state index contributed by atoms with van der Waals surface area (Å²) in [6.07, 6.45) is 1.73. The third-order valence-electron chi connectivity index (χ3n) is 3.72. The van der Waals surface area contributed by atoms with Crippen LogP contribution in [0.4, 0.5) is 4.39 Å². The smallest absolute Gasteiger partial charge is 0.162 e. The number of hydrogen-bond donors (Lipinski definition) is 2. The van der Waals surface area contributed by atoms with Crippen LogP contribution in [0.3, 0.4) is 0 Å². The van der Waals surface area contributed by atoms with Gasteiger partial charge in [0.2, 0.25) is 0 Å². The SMILES string of the molecule is COc1cc(CNCCCCO)c(Br)cc1OCc1ccc(F)cc1. The van der Waals surface area contributed by atoms with Gasteiger partial charge < -0.3 is 19.9 Å². The maximum Gasteiger partial charge on any atom is 0.162 e. The maximum atomic E-state index is 13.0. The Morgan fingerprint density at radius 1 is 1.12 bits per heavy atom. The van der Waals surface area contributed by atoms with Gasteiger partial charge in [0.05, 0.1) is 7.11 Å². The van der Waals surface area contributed by atoms with Crippen LogP contribution >= 0.6 is 15.9 Å². The van der Waals surface area contributed by atoms with Crippen molar-refractivity contribution in [3.8, 4) is 11.5 Å². The Kier molecular flexibility index (Phi) is 8.18. The number of rotatable bonds is 10. The minimum atomic E-state index is -0.264. The maximum absolute atomic E-state index is 13.0. The number of aliphatic hydroxyl groups excluding tert-OH is 1. The predicted octanol–water partition coefficient (Wildman–Crippen LogP) is 4.04. The van der Waals surface area contributed by atoms with Gasteiger partial charge in [-0.25, -0.2) is 4.39 Å². The van der Waals surface area contributed by atoms with Crippen molar-refractivity contribution in [3.63, 3.8) is 0 Å². The average molecular weight is 412 g/mol. The van der Waals surface area contributed by atoms with Crippen LogP contribution in [0.5, 0.6) is 11.5 Å². The van der Waals surface area contributed by atoms with Gasteiger partial charge in [-0.2, -0.15) is 0 Å². The first-order valence-electron chi connectivity index (χ1n) is 8.19. The molecule has 0 amide bonds. The molecule has 0 bridgehead atoms. The van der Waals surface area contributed by atoms with Gasteiger partial charge in [-0.05, 0) is 54.8 Å². The normalized spacial score (nSPS) is 10.7. The molecule has 0 aliphatic rings. The lowest BCUT2D eigenvalue weighted by atomic mass is 10.2. The van der Waals surface area contributed by atoms with Crippen molar-refractivity contribution in [1.82, 2.24) is 5.32 Å². The molecule has 0 atom stereocenters. The number of halogens is 2. The van der Waals surface area contributed by atoms with E-state index in [4.69, 9.17) is 14.6 Å². The Morgan fingerprint density at radius 2 is 1.88 bits per heavy atom. The van der Waals surface area contributed by atoms with Crippen molar-refractivity contribution in [2.24, 2.45) is 0 Å². The molecule has 0 aromatic heterocycles. The first-order valence-corrected chi connectivity index (χ1v) is 8.98. The lowest BCUT2D eigenvalue weighted by Gasteiger charge is -2.14. The number of ether oxygens (including phenoxy) is 2. The van der Waals surface area contributed by atoms with Crippen molar-refractivity contribution in [1.29, 1.82) is 0 Å². The quantitative estimate of drug-likeness (QED) is 0.579. The van der Waals surface area contributed by atoms with E-state index in [1.54, 1.807) is 19.2 Å². The van der Waals surface area contributed by atoms with Gasteiger partial charge in [-0.1, -0.05) is 28.1 Å². The molecule has 136 valence electrons. The summed E-state index contributed by atoms with van der Waals surface area (Å²) < 4.78 is 25.1. The highest BCUT2D eigenvalue weighted by Gasteiger charge is 2.10. The lowest BCUT2D eigenvalue weighted by Crippen LogP contribution is -2.15. The fourth-order valence-corrected chi connectivity index (χ4v) is 2.77. The van der Waals surface area contributed by atoms with E-state index in [1.807, 2.05) is 12.1 Å². The average Bonchev–Trinajstić information content (AvgIpc) is 2.62. The number of aliphatic hydroxyl groups is 1. The van der Waals surface area contributed by atoms with Crippen molar-refractivity contribution in [2.45, 2.75) is 26.0 Å². The van der Waals surface area contributed by atoms with E-state index < -0.39 is 0 Å². The molecule has 0 aliphatic carbocycles. The third kappa shape index (κ3) is 6.30. The second-order valence-electron chi connectivity index (χ2n) is 5.62. The van der Waals surface area contributed by atoms with E-state index >= 15 is 0 Å². The van der Waals surface area contributed by atoms with E-state index in [0.717, 1.165) is 35.0 Å². The number of methoxy groups -OCH3 is 1. The largest absolute Gasteiger partial charge is 0.493 e. The summed E-state index contributed by atoms with van der Waals surface area (Å²) in [5.74, 6) is 1.01. The molecule has 0 heterocycles. The topological polar surface area (TPSA) is 50.7 Å². The second kappa shape index (κ2) is 10.4. The molecule has 2 aromatic rings. The van der Waals surface area contributed by atoms with Crippen molar-refractivity contribution in [3.05, 3.63) is 57.8 Å². The van der Waals surface area contributed by atoms with Gasteiger partial charge in [-0.15, -0.1) is 0 Å². The standard InChI is InChI=1S/C19H23BrFNO3/c1-24-18-10-15(12-22-8-2-3-9-23)17(20)11-19(18)25-13-14-4-6-16(21)7-5-14/h4-7,10-11,22-23H,2-3,8-9,12-13H2,1H3. The lowest BCUT2D eigenvalue weighted by molar-refractivity contribution is 0.283. The fourth-order valence-electron chi connectivity index (χ4n) is 2.31. The van der Waals surface area contributed by atoms with Crippen LogP contribution in [0.25, 0.3) is 0 Å². The third-order valence-corrected chi connectivity index (χ3v) is 4.46. The van der Waals surface area contributed by atoms with Gasteiger partial charge in [0.1, 0.15) is 12.4 Å². The summed E-state index contributed by atoms with van der Waals surface area (Å²) in [4.78, 5) is 0. The van der Waals surface area contributed by atoms with Crippen molar-refractivity contribution in [2.75, 3.05) is 20.3 Å². The number of hydrogen-bond acceptors (Lipinski definition) is 4. The molecule has 0 aliphatic heterocycles. The molecule has 0 unspecified atom stereocenters. The van der Waals surface area contributed by atoms with Gasteiger partial charge in [-0.3, -0.25) is 0 Å². The summed E-state index contributed by atoms with van der Waals surface area (Å²) >= 11 is 3.56. The van der Waals surface area contributed by atoms with Crippen LogP contribution in [0.2, 0.25) is 0 Å². The minimum absolute atomic E-state index is 0.222. The molecule has 4 nitrogen and oxygen atoms in total. The summed E-state index contributed by atoms with van der Waals surface area (Å²) in [7, 11) is 1.60. The van der Waals surface area contributed by atoms with Crippen molar-refractivity contribution >= 4 is 15.9 Å². The van der Waals surface area contributed by atoms with Crippen molar-refractivity contribution < 1.29 is 19.0 Å². The van der Waals surface area contributed by atoms with Crippen LogP contribution in [-0.4, -0.2) is 25.4 Å². The van der Waals surface area contributed by atoms with E-state index in [9.17, 15) is 4.39 Å². The fraction of sp³-hybridized carbons (Fsp3) is 0.368. The second-order valence-corrected chi connectivity index (χ2v) is 6.47. The number of benzene rings is 2. The number of unbranched alkanes of at least 4 members (excludes halogenated alkanes) is 1. The highest BCUT2D eigenvalue weighted by atomic mass is 79.9. The molecule has 0 saturated carbocycles. The van der Waals surface area contributed by atoms with E-state index in [0.29, 0.717) is 24.7 Å². The highest BCUT2D eigenvalue weighted by molar-refractivity contribution is 9.10. The van der Waals surface area contributed by atoms with Gasteiger partial charge in [0, 0.05) is 17.6 Å².